The summed E-state index contributed by atoms with van der Waals surface area (Å²) in [5, 5.41) is 3.20. The summed E-state index contributed by atoms with van der Waals surface area (Å²) >= 11 is 0. The van der Waals surface area contributed by atoms with Crippen molar-refractivity contribution in [3.05, 3.63) is 60.9 Å². The first-order valence-corrected chi connectivity index (χ1v) is 7.43. The highest BCUT2D eigenvalue weighted by Gasteiger charge is 2.12. The zero-order valence-corrected chi connectivity index (χ0v) is 12.4. The summed E-state index contributed by atoms with van der Waals surface area (Å²) in [5.41, 5.74) is 2.11. The first kappa shape index (κ1) is 13.6. The van der Waals surface area contributed by atoms with Crippen LogP contribution in [-0.2, 0) is 0 Å². The molecule has 3 aromatic rings. The number of fused-ring (bicyclic) bond motifs is 1. The number of benzene rings is 1. The van der Waals surface area contributed by atoms with Gasteiger partial charge in [-0.2, -0.15) is 0 Å². The molecule has 1 aromatic carbocycles. The van der Waals surface area contributed by atoms with E-state index in [1.54, 1.807) is 12.4 Å². The number of nitrogens with one attached hydrogen (secondary N) is 1. The van der Waals surface area contributed by atoms with Gasteiger partial charge in [-0.25, -0.2) is 9.97 Å². The van der Waals surface area contributed by atoms with E-state index >= 15 is 0 Å². The van der Waals surface area contributed by atoms with Gasteiger partial charge in [0.25, 0.3) is 0 Å². The van der Waals surface area contributed by atoms with Crippen LogP contribution in [0.25, 0.3) is 11.1 Å². The lowest BCUT2D eigenvalue weighted by atomic mass is 10.1. The van der Waals surface area contributed by atoms with Crippen molar-refractivity contribution in [1.82, 2.24) is 9.97 Å². The van der Waals surface area contributed by atoms with Gasteiger partial charge in [0.05, 0.1) is 0 Å². The average Bonchev–Trinajstić information content (AvgIpc) is 2.62. The third-order valence-corrected chi connectivity index (χ3v) is 3.56. The lowest BCUT2D eigenvalue weighted by molar-refractivity contribution is 0.171. The van der Waals surface area contributed by atoms with Gasteiger partial charge in [0, 0.05) is 12.4 Å². The second kappa shape index (κ2) is 5.96. The van der Waals surface area contributed by atoms with Gasteiger partial charge in [-0.1, -0.05) is 12.1 Å². The fourth-order valence-electron chi connectivity index (χ4n) is 2.47. The monoisotopic (exact) mass is 305 g/mol. The normalized spacial score (nSPS) is 12.7. The van der Waals surface area contributed by atoms with Crippen LogP contribution in [0.3, 0.4) is 0 Å². The number of rotatable bonds is 3. The van der Waals surface area contributed by atoms with E-state index in [4.69, 9.17) is 9.47 Å². The highest BCUT2D eigenvalue weighted by Crippen LogP contribution is 2.34. The summed E-state index contributed by atoms with van der Waals surface area (Å²) in [6.07, 6.45) is 3.52. The van der Waals surface area contributed by atoms with Gasteiger partial charge in [-0.05, 0) is 47.5 Å². The molecule has 0 atom stereocenters. The molecule has 1 aliphatic rings. The molecular formula is C18H15N3O2. The summed E-state index contributed by atoms with van der Waals surface area (Å²) < 4.78 is 11.2. The molecule has 0 spiro atoms. The van der Waals surface area contributed by atoms with Gasteiger partial charge in [0.1, 0.15) is 24.8 Å². The van der Waals surface area contributed by atoms with Gasteiger partial charge >= 0.3 is 0 Å². The lowest BCUT2D eigenvalue weighted by Crippen LogP contribution is -2.15. The van der Waals surface area contributed by atoms with Crippen molar-refractivity contribution in [3.63, 3.8) is 0 Å². The second-order valence-corrected chi connectivity index (χ2v) is 5.13. The molecule has 0 aliphatic carbocycles. The highest BCUT2D eigenvalue weighted by molar-refractivity contribution is 5.70. The van der Waals surface area contributed by atoms with Gasteiger partial charge < -0.3 is 14.8 Å². The van der Waals surface area contributed by atoms with Crippen molar-refractivity contribution in [1.29, 1.82) is 0 Å². The maximum Gasteiger partial charge on any atom is 0.161 e. The van der Waals surface area contributed by atoms with Crippen molar-refractivity contribution in [2.24, 2.45) is 0 Å². The Hall–Kier alpha value is -3.08. The van der Waals surface area contributed by atoms with Crippen molar-refractivity contribution in [3.8, 4) is 22.6 Å². The van der Waals surface area contributed by atoms with Gasteiger partial charge in [0.15, 0.2) is 11.5 Å². The molecule has 0 radical (unpaired) electrons. The number of pyridine rings is 2. The Bertz CT molecular complexity index is 822. The van der Waals surface area contributed by atoms with Crippen LogP contribution in [0.4, 0.5) is 11.6 Å². The molecule has 114 valence electrons. The van der Waals surface area contributed by atoms with E-state index < -0.39 is 0 Å². The van der Waals surface area contributed by atoms with E-state index in [9.17, 15) is 0 Å². The second-order valence-electron chi connectivity index (χ2n) is 5.13. The van der Waals surface area contributed by atoms with Crippen LogP contribution in [0.2, 0.25) is 0 Å². The Morgan fingerprint density at radius 3 is 2.43 bits per heavy atom. The van der Waals surface area contributed by atoms with E-state index in [0.717, 1.165) is 34.3 Å². The number of nitrogens with zero attached hydrogens (tertiary/aromatic N) is 2. The van der Waals surface area contributed by atoms with Crippen LogP contribution >= 0.6 is 0 Å². The zero-order valence-electron chi connectivity index (χ0n) is 12.4. The Morgan fingerprint density at radius 2 is 1.57 bits per heavy atom. The number of anilines is 2. The minimum absolute atomic E-state index is 0.583. The summed E-state index contributed by atoms with van der Waals surface area (Å²) in [7, 11) is 0. The molecule has 1 aliphatic heterocycles. The number of ether oxygens (including phenoxy) is 2. The van der Waals surface area contributed by atoms with Crippen molar-refractivity contribution < 1.29 is 9.47 Å². The molecule has 0 unspecified atom stereocenters. The molecule has 1 N–H and O–H groups in total. The largest absolute Gasteiger partial charge is 0.486 e. The fraction of sp³-hybridized carbons (Fsp3) is 0.111. The Balaban J connectivity index is 1.63. The summed E-state index contributed by atoms with van der Waals surface area (Å²) in [4.78, 5) is 8.59. The standard InChI is InChI=1S/C18H15N3O2/c1-2-7-19-17(3-1)21-18-12-14(6-8-20-18)13-4-5-15-16(11-13)23-10-9-22-15/h1-8,11-12H,9-10H2,(H,19,20,21). The third kappa shape index (κ3) is 2.94. The predicted octanol–water partition coefficient (Wildman–Crippen LogP) is 3.66. The third-order valence-electron chi connectivity index (χ3n) is 3.56. The van der Waals surface area contributed by atoms with Crippen LogP contribution in [0.15, 0.2) is 60.9 Å². The topological polar surface area (TPSA) is 56.3 Å². The van der Waals surface area contributed by atoms with Crippen molar-refractivity contribution in [2.75, 3.05) is 18.5 Å². The molecule has 0 saturated carbocycles. The number of aromatic nitrogens is 2. The van der Waals surface area contributed by atoms with E-state index in [0.29, 0.717) is 13.2 Å². The van der Waals surface area contributed by atoms with E-state index in [1.165, 1.54) is 0 Å². The zero-order chi connectivity index (χ0) is 15.5. The summed E-state index contributed by atoms with van der Waals surface area (Å²) in [5.74, 6) is 3.08. The van der Waals surface area contributed by atoms with E-state index in [1.807, 2.05) is 48.5 Å². The van der Waals surface area contributed by atoms with E-state index in [2.05, 4.69) is 15.3 Å². The van der Waals surface area contributed by atoms with Gasteiger partial charge in [-0.3, -0.25) is 0 Å². The van der Waals surface area contributed by atoms with Crippen LogP contribution in [0.1, 0.15) is 0 Å². The molecule has 0 bridgehead atoms. The van der Waals surface area contributed by atoms with E-state index in [-0.39, 0.29) is 0 Å². The van der Waals surface area contributed by atoms with Crippen molar-refractivity contribution >= 4 is 11.6 Å². The SMILES string of the molecule is c1ccc(Nc2cc(-c3ccc4c(c3)OCCO4)ccn2)nc1. The first-order valence-electron chi connectivity index (χ1n) is 7.43. The van der Waals surface area contributed by atoms with Crippen LogP contribution in [0, 0.1) is 0 Å². The predicted molar refractivity (Wildman–Crippen MR) is 88.2 cm³/mol. The average molecular weight is 305 g/mol. The Morgan fingerprint density at radius 1 is 0.739 bits per heavy atom. The van der Waals surface area contributed by atoms with Crippen LogP contribution < -0.4 is 14.8 Å². The maximum absolute atomic E-state index is 5.65. The minimum atomic E-state index is 0.583. The van der Waals surface area contributed by atoms with Crippen LogP contribution in [0.5, 0.6) is 11.5 Å². The molecule has 5 heteroatoms. The molecule has 4 rings (SSSR count). The number of hydrogen-bond acceptors (Lipinski definition) is 5. The van der Waals surface area contributed by atoms with Crippen LogP contribution in [-0.4, -0.2) is 23.2 Å². The van der Waals surface area contributed by atoms with Gasteiger partial charge in [0.2, 0.25) is 0 Å². The molecule has 3 heterocycles. The minimum Gasteiger partial charge on any atom is -0.486 e. The summed E-state index contributed by atoms with van der Waals surface area (Å²) in [6.45, 7) is 1.18. The molecule has 5 nitrogen and oxygen atoms in total. The molecular weight excluding hydrogens is 290 g/mol. The lowest BCUT2D eigenvalue weighted by Gasteiger charge is -2.19. The quantitative estimate of drug-likeness (QED) is 0.800. The maximum atomic E-state index is 5.65. The van der Waals surface area contributed by atoms with Crippen molar-refractivity contribution in [2.45, 2.75) is 0 Å². The Labute approximate surface area is 133 Å². The number of hydrogen-bond donors (Lipinski definition) is 1. The Kier molecular flexibility index (Phi) is 3.52. The molecule has 0 saturated heterocycles. The smallest absolute Gasteiger partial charge is 0.161 e. The highest BCUT2D eigenvalue weighted by atomic mass is 16.6. The van der Waals surface area contributed by atoms with Gasteiger partial charge in [-0.15, -0.1) is 0 Å². The first-order chi connectivity index (χ1) is 11.4. The molecule has 0 amide bonds. The summed E-state index contributed by atoms with van der Waals surface area (Å²) in [6, 6.07) is 15.6. The molecule has 23 heavy (non-hydrogen) atoms. The molecule has 2 aromatic heterocycles. The molecule has 0 fully saturated rings. The fourth-order valence-corrected chi connectivity index (χ4v) is 2.47.